The molecule has 0 bridgehead atoms. The predicted octanol–water partition coefficient (Wildman–Crippen LogP) is 6.39. The highest BCUT2D eigenvalue weighted by Crippen LogP contribution is 2.53. The number of carbonyl (C=O) groups excluding carboxylic acids is 5. The molecule has 3 aromatic carbocycles. The first-order valence-electron chi connectivity index (χ1n) is 14.5. The molecule has 7 nitrogen and oxygen atoms in total. The zero-order valence-corrected chi connectivity index (χ0v) is 25.3. The van der Waals surface area contributed by atoms with Crippen molar-refractivity contribution in [2.75, 3.05) is 7.05 Å². The van der Waals surface area contributed by atoms with Crippen molar-refractivity contribution in [3.05, 3.63) is 141 Å². The third kappa shape index (κ3) is 4.30. The highest BCUT2D eigenvalue weighted by atomic mass is 16.2. The van der Waals surface area contributed by atoms with Gasteiger partial charge in [0.2, 0.25) is 0 Å². The van der Waals surface area contributed by atoms with E-state index >= 15 is 0 Å². The van der Waals surface area contributed by atoms with Crippen LogP contribution in [0, 0.1) is 0 Å². The van der Waals surface area contributed by atoms with Gasteiger partial charge in [-0.15, -0.1) is 0 Å². The monoisotopic (exact) mass is 584 g/mol. The fourth-order valence-electron chi connectivity index (χ4n) is 6.93. The molecule has 4 amide bonds. The Bertz CT molecular complexity index is 1910. The van der Waals surface area contributed by atoms with E-state index in [0.29, 0.717) is 0 Å². The standard InChI is InChI=1S/C37H32N2O5/c1-6-10-24(37(4)21-36(2,3)29-12-7-8-13-30(29)37)11-9-18-39-34(43)26-17-15-23(20-28(26)35(39)44)31(40)22-14-16-25-27(19-22)33(42)38(5)32(25)41/h6-20H,21H2,1-5H3/b10-6-,18-9+,24-11+. The molecule has 1 atom stereocenters. The first kappa shape index (κ1) is 28.9. The lowest BCUT2D eigenvalue weighted by atomic mass is 9.74. The zero-order chi connectivity index (χ0) is 31.6. The van der Waals surface area contributed by atoms with Crippen LogP contribution >= 0.6 is 0 Å². The number of allylic oxidation sites excluding steroid dienone is 5. The van der Waals surface area contributed by atoms with Crippen LogP contribution in [0.5, 0.6) is 0 Å². The maximum absolute atomic E-state index is 13.4. The molecule has 0 saturated carbocycles. The molecule has 1 unspecified atom stereocenters. The van der Waals surface area contributed by atoms with E-state index in [0.717, 1.165) is 21.8 Å². The molecule has 3 aromatic rings. The second-order valence-electron chi connectivity index (χ2n) is 12.4. The van der Waals surface area contributed by atoms with Gasteiger partial charge < -0.3 is 0 Å². The SMILES string of the molecule is C\C=C/C(=C\C=C\N1C(=O)c2ccc(C(=O)c3ccc4c(c3)C(=O)N(C)C4=O)cc2C1=O)C1(C)CC(C)(C)c2ccccc21. The average molecular weight is 585 g/mol. The number of amides is 4. The van der Waals surface area contributed by atoms with Crippen molar-refractivity contribution in [2.45, 2.75) is 44.9 Å². The van der Waals surface area contributed by atoms with Crippen LogP contribution in [0.25, 0.3) is 0 Å². The van der Waals surface area contributed by atoms with Crippen molar-refractivity contribution < 1.29 is 24.0 Å². The average Bonchev–Trinajstić information content (AvgIpc) is 3.48. The number of ketones is 1. The minimum atomic E-state index is -0.521. The molecular weight excluding hydrogens is 552 g/mol. The number of hydrogen-bond acceptors (Lipinski definition) is 5. The van der Waals surface area contributed by atoms with Gasteiger partial charge in [-0.1, -0.05) is 75.4 Å². The Labute approximate surface area is 256 Å². The van der Waals surface area contributed by atoms with Crippen molar-refractivity contribution in [3.63, 3.8) is 0 Å². The third-order valence-corrected chi connectivity index (χ3v) is 9.07. The molecule has 0 fully saturated rings. The Morgan fingerprint density at radius 3 is 1.93 bits per heavy atom. The summed E-state index contributed by atoms with van der Waals surface area (Å²) in [5, 5.41) is 0. The highest BCUT2D eigenvalue weighted by molar-refractivity contribution is 6.24. The quantitative estimate of drug-likeness (QED) is 0.190. The van der Waals surface area contributed by atoms with E-state index in [-0.39, 0.29) is 44.2 Å². The molecule has 2 heterocycles. The van der Waals surface area contributed by atoms with Crippen LogP contribution in [-0.2, 0) is 10.8 Å². The van der Waals surface area contributed by atoms with Gasteiger partial charge in [-0.05, 0) is 65.8 Å². The number of fused-ring (bicyclic) bond motifs is 3. The molecule has 0 aromatic heterocycles. The summed E-state index contributed by atoms with van der Waals surface area (Å²) in [6.07, 6.45) is 10.1. The molecule has 0 saturated heterocycles. The summed E-state index contributed by atoms with van der Waals surface area (Å²) < 4.78 is 0. The smallest absolute Gasteiger partial charge is 0.265 e. The number of nitrogens with zero attached hydrogens (tertiary/aromatic N) is 2. The molecular formula is C37H32N2O5. The fourth-order valence-corrected chi connectivity index (χ4v) is 6.93. The maximum Gasteiger partial charge on any atom is 0.265 e. The van der Waals surface area contributed by atoms with Crippen molar-refractivity contribution >= 4 is 29.4 Å². The summed E-state index contributed by atoms with van der Waals surface area (Å²) in [5.74, 6) is -2.31. The van der Waals surface area contributed by atoms with Crippen molar-refractivity contribution in [1.29, 1.82) is 0 Å². The molecule has 220 valence electrons. The Morgan fingerprint density at radius 1 is 0.750 bits per heavy atom. The minimum absolute atomic E-state index is 0.00347. The fraction of sp³-hybridized carbons (Fsp3) is 0.216. The maximum atomic E-state index is 13.4. The number of benzene rings is 3. The normalized spacial score (nSPS) is 20.7. The van der Waals surface area contributed by atoms with Gasteiger partial charge in [0.15, 0.2) is 5.78 Å². The van der Waals surface area contributed by atoms with Crippen LogP contribution in [0.15, 0.2) is 96.7 Å². The second-order valence-corrected chi connectivity index (χ2v) is 12.4. The predicted molar refractivity (Wildman–Crippen MR) is 167 cm³/mol. The van der Waals surface area contributed by atoms with Crippen LogP contribution in [-0.4, -0.2) is 46.3 Å². The van der Waals surface area contributed by atoms with Crippen LogP contribution in [0.1, 0.15) is 103 Å². The largest absolute Gasteiger partial charge is 0.289 e. The van der Waals surface area contributed by atoms with E-state index < -0.39 is 29.4 Å². The van der Waals surface area contributed by atoms with Gasteiger partial charge in [-0.2, -0.15) is 0 Å². The van der Waals surface area contributed by atoms with Crippen LogP contribution < -0.4 is 0 Å². The summed E-state index contributed by atoms with van der Waals surface area (Å²) in [4.78, 5) is 66.6. The van der Waals surface area contributed by atoms with E-state index in [1.54, 1.807) is 6.08 Å². The molecule has 0 radical (unpaired) electrons. The van der Waals surface area contributed by atoms with Gasteiger partial charge in [-0.25, -0.2) is 4.90 Å². The van der Waals surface area contributed by atoms with Gasteiger partial charge in [0.1, 0.15) is 0 Å². The first-order chi connectivity index (χ1) is 20.9. The van der Waals surface area contributed by atoms with Crippen LogP contribution in [0.4, 0.5) is 0 Å². The van der Waals surface area contributed by atoms with Crippen LogP contribution in [0.3, 0.4) is 0 Å². The molecule has 7 heteroatoms. The molecule has 1 aliphatic carbocycles. The van der Waals surface area contributed by atoms with Crippen molar-refractivity contribution in [3.8, 4) is 0 Å². The summed E-state index contributed by atoms with van der Waals surface area (Å²) in [7, 11) is 1.39. The minimum Gasteiger partial charge on any atom is -0.289 e. The number of imide groups is 2. The summed E-state index contributed by atoms with van der Waals surface area (Å²) in [5.41, 5.74) is 4.56. The van der Waals surface area contributed by atoms with Crippen molar-refractivity contribution in [2.24, 2.45) is 0 Å². The summed E-state index contributed by atoms with van der Waals surface area (Å²) >= 11 is 0. The van der Waals surface area contributed by atoms with Gasteiger partial charge in [0.25, 0.3) is 23.6 Å². The molecule has 0 N–H and O–H groups in total. The van der Waals surface area contributed by atoms with Gasteiger partial charge in [0.05, 0.1) is 22.3 Å². The van der Waals surface area contributed by atoms with Gasteiger partial charge in [0, 0.05) is 29.8 Å². The Kier molecular flexibility index (Phi) is 6.72. The molecule has 2 aliphatic heterocycles. The highest BCUT2D eigenvalue weighted by Gasteiger charge is 2.45. The van der Waals surface area contributed by atoms with Crippen molar-refractivity contribution in [1.82, 2.24) is 9.80 Å². The van der Waals surface area contributed by atoms with E-state index in [4.69, 9.17) is 0 Å². The summed E-state index contributed by atoms with van der Waals surface area (Å²) in [6, 6.07) is 17.2. The second kappa shape index (κ2) is 10.2. The van der Waals surface area contributed by atoms with Gasteiger partial charge in [-0.3, -0.25) is 28.9 Å². The number of carbonyl (C=O) groups is 5. The van der Waals surface area contributed by atoms with E-state index in [1.807, 2.05) is 19.1 Å². The Hall–Kier alpha value is -5.17. The molecule has 44 heavy (non-hydrogen) atoms. The third-order valence-electron chi connectivity index (χ3n) is 9.07. The first-order valence-corrected chi connectivity index (χ1v) is 14.5. The zero-order valence-electron chi connectivity index (χ0n) is 25.3. The van der Waals surface area contributed by atoms with Gasteiger partial charge >= 0.3 is 0 Å². The van der Waals surface area contributed by atoms with E-state index in [9.17, 15) is 24.0 Å². The topological polar surface area (TPSA) is 91.8 Å². The lowest BCUT2D eigenvalue weighted by Gasteiger charge is -2.29. The summed E-state index contributed by atoms with van der Waals surface area (Å²) in [6.45, 7) is 8.70. The van der Waals surface area contributed by atoms with E-state index in [1.165, 1.54) is 60.8 Å². The van der Waals surface area contributed by atoms with Crippen LogP contribution in [0.2, 0.25) is 0 Å². The lowest BCUT2D eigenvalue weighted by molar-refractivity contribution is 0.0686. The molecule has 3 aliphatic rings. The number of hydrogen-bond donors (Lipinski definition) is 0. The Balaban J connectivity index is 1.27. The molecule has 6 rings (SSSR count). The number of rotatable bonds is 6. The molecule has 0 spiro atoms. The lowest BCUT2D eigenvalue weighted by Crippen LogP contribution is -2.24. The van der Waals surface area contributed by atoms with E-state index in [2.05, 4.69) is 51.1 Å². The Morgan fingerprint density at radius 2 is 1.30 bits per heavy atom.